The van der Waals surface area contributed by atoms with Crippen LogP contribution in [0, 0.1) is 13.8 Å². The van der Waals surface area contributed by atoms with Crippen molar-refractivity contribution in [3.8, 4) is 5.75 Å². The van der Waals surface area contributed by atoms with Crippen LogP contribution in [0.4, 0.5) is 5.69 Å². The van der Waals surface area contributed by atoms with Crippen LogP contribution in [0.5, 0.6) is 5.75 Å². The van der Waals surface area contributed by atoms with Gasteiger partial charge in [0.1, 0.15) is 17.6 Å². The van der Waals surface area contributed by atoms with Crippen molar-refractivity contribution in [1.29, 1.82) is 0 Å². The third-order valence-corrected chi connectivity index (χ3v) is 7.07. The summed E-state index contributed by atoms with van der Waals surface area (Å²) in [7, 11) is 1.60. The standard InChI is InChI=1S/C27H27NO4S/c1-15(2)20-14-18(9-10-21(20)32-5)24(29)22-23(26-17(4)11-12-33-26)28(27(31)25(22)30)19-8-6-7-16(3)13-19/h6-15,23,29H,1-5H3/b24-22-. The number of carbonyl (C=O) groups excluding carboxylic acids is 2. The molecule has 1 aromatic heterocycles. The molecule has 1 unspecified atom stereocenters. The van der Waals surface area contributed by atoms with Crippen LogP contribution < -0.4 is 9.64 Å². The first kappa shape index (κ1) is 22.8. The summed E-state index contributed by atoms with van der Waals surface area (Å²) in [4.78, 5) is 29.0. The molecule has 4 rings (SSSR count). The van der Waals surface area contributed by atoms with Crippen molar-refractivity contribution in [1.82, 2.24) is 0 Å². The molecule has 1 atom stereocenters. The number of nitrogens with zero attached hydrogens (tertiary/aromatic N) is 1. The number of ether oxygens (including phenoxy) is 1. The number of hydrogen-bond acceptors (Lipinski definition) is 5. The molecule has 1 aliphatic rings. The Balaban J connectivity index is 1.95. The van der Waals surface area contributed by atoms with Crippen molar-refractivity contribution in [2.24, 2.45) is 0 Å². The van der Waals surface area contributed by atoms with Crippen molar-refractivity contribution in [3.05, 3.63) is 86.6 Å². The van der Waals surface area contributed by atoms with Crippen LogP contribution in [0.1, 0.15) is 52.9 Å². The number of ketones is 1. The summed E-state index contributed by atoms with van der Waals surface area (Å²) >= 11 is 1.47. The summed E-state index contributed by atoms with van der Waals surface area (Å²) < 4.78 is 5.46. The zero-order chi connectivity index (χ0) is 23.9. The number of aliphatic hydroxyl groups is 1. The molecule has 6 heteroatoms. The molecule has 170 valence electrons. The molecule has 0 spiro atoms. The number of aryl methyl sites for hydroxylation is 2. The zero-order valence-electron chi connectivity index (χ0n) is 19.4. The normalized spacial score (nSPS) is 17.8. The fourth-order valence-electron chi connectivity index (χ4n) is 4.28. The highest BCUT2D eigenvalue weighted by molar-refractivity contribution is 7.10. The minimum Gasteiger partial charge on any atom is -0.507 e. The number of amides is 1. The second-order valence-corrected chi connectivity index (χ2v) is 9.54. The van der Waals surface area contributed by atoms with Gasteiger partial charge >= 0.3 is 0 Å². The van der Waals surface area contributed by atoms with Crippen LogP contribution in [0.3, 0.4) is 0 Å². The van der Waals surface area contributed by atoms with E-state index in [0.717, 1.165) is 21.6 Å². The van der Waals surface area contributed by atoms with E-state index in [0.29, 0.717) is 17.0 Å². The number of hydrogen-bond donors (Lipinski definition) is 1. The Hall–Kier alpha value is -3.38. The lowest BCUT2D eigenvalue weighted by molar-refractivity contribution is -0.132. The number of carbonyl (C=O) groups is 2. The predicted molar refractivity (Wildman–Crippen MR) is 132 cm³/mol. The van der Waals surface area contributed by atoms with Crippen molar-refractivity contribution in [2.45, 2.75) is 39.7 Å². The summed E-state index contributed by atoms with van der Waals surface area (Å²) in [6, 6.07) is 14.1. The van der Waals surface area contributed by atoms with E-state index in [-0.39, 0.29) is 17.3 Å². The minimum atomic E-state index is -0.698. The lowest BCUT2D eigenvalue weighted by Gasteiger charge is -2.25. The summed E-state index contributed by atoms with van der Waals surface area (Å²) in [5.74, 6) is -0.637. The molecule has 1 fully saturated rings. The highest BCUT2D eigenvalue weighted by Gasteiger charge is 2.48. The van der Waals surface area contributed by atoms with Crippen molar-refractivity contribution in [2.75, 3.05) is 12.0 Å². The Morgan fingerprint density at radius 3 is 2.45 bits per heavy atom. The fourth-order valence-corrected chi connectivity index (χ4v) is 5.30. The maximum Gasteiger partial charge on any atom is 0.300 e. The number of Topliss-reactive ketones (excluding diaryl/α,β-unsaturated/α-hetero) is 1. The maximum atomic E-state index is 13.3. The summed E-state index contributed by atoms with van der Waals surface area (Å²) in [5.41, 5.74) is 4.08. The van der Waals surface area contributed by atoms with Crippen LogP contribution >= 0.6 is 11.3 Å². The molecule has 0 aliphatic carbocycles. The van der Waals surface area contributed by atoms with Crippen LogP contribution in [0.25, 0.3) is 5.76 Å². The molecule has 0 radical (unpaired) electrons. The molecule has 1 saturated heterocycles. The van der Waals surface area contributed by atoms with E-state index in [2.05, 4.69) is 0 Å². The van der Waals surface area contributed by atoms with E-state index < -0.39 is 17.7 Å². The van der Waals surface area contributed by atoms with Crippen molar-refractivity contribution >= 4 is 34.5 Å². The van der Waals surface area contributed by atoms with E-state index in [9.17, 15) is 14.7 Å². The van der Waals surface area contributed by atoms with Gasteiger partial charge in [-0.3, -0.25) is 14.5 Å². The van der Waals surface area contributed by atoms with Gasteiger partial charge in [0.2, 0.25) is 0 Å². The molecule has 3 aromatic rings. The number of rotatable bonds is 5. The van der Waals surface area contributed by atoms with Gasteiger partial charge < -0.3 is 9.84 Å². The predicted octanol–water partition coefficient (Wildman–Crippen LogP) is 6.12. The van der Waals surface area contributed by atoms with Crippen LogP contribution in [-0.4, -0.2) is 23.9 Å². The Morgan fingerprint density at radius 2 is 1.85 bits per heavy atom. The number of benzene rings is 2. The van der Waals surface area contributed by atoms with E-state index in [4.69, 9.17) is 4.74 Å². The molecule has 5 nitrogen and oxygen atoms in total. The molecular formula is C27H27NO4S. The molecule has 0 bridgehead atoms. The average Bonchev–Trinajstić information content (AvgIpc) is 3.33. The number of thiophene rings is 1. The van der Waals surface area contributed by atoms with Gasteiger partial charge in [-0.05, 0) is 78.2 Å². The van der Waals surface area contributed by atoms with E-state index >= 15 is 0 Å². The van der Waals surface area contributed by atoms with Gasteiger partial charge in [0, 0.05) is 16.1 Å². The molecule has 2 heterocycles. The highest BCUT2D eigenvalue weighted by Crippen LogP contribution is 2.45. The van der Waals surface area contributed by atoms with Crippen molar-refractivity contribution < 1.29 is 19.4 Å². The Bertz CT molecular complexity index is 1270. The lowest BCUT2D eigenvalue weighted by Crippen LogP contribution is -2.29. The van der Waals surface area contributed by atoms with Gasteiger partial charge in [0.05, 0.1) is 12.7 Å². The Morgan fingerprint density at radius 1 is 1.09 bits per heavy atom. The average molecular weight is 462 g/mol. The van der Waals surface area contributed by atoms with Crippen LogP contribution in [0.15, 0.2) is 59.5 Å². The first-order chi connectivity index (χ1) is 15.7. The second-order valence-electron chi connectivity index (χ2n) is 8.59. The van der Waals surface area contributed by atoms with Gasteiger partial charge in [-0.2, -0.15) is 0 Å². The number of aliphatic hydroxyl groups excluding tert-OH is 1. The summed E-state index contributed by atoms with van der Waals surface area (Å²) in [5, 5.41) is 13.3. The van der Waals surface area contributed by atoms with Crippen molar-refractivity contribution in [3.63, 3.8) is 0 Å². The fraction of sp³-hybridized carbons (Fsp3) is 0.259. The van der Waals surface area contributed by atoms with Crippen LogP contribution in [-0.2, 0) is 9.59 Å². The van der Waals surface area contributed by atoms with Gasteiger partial charge in [-0.1, -0.05) is 26.0 Å². The molecule has 1 N–H and O–H groups in total. The van der Waals surface area contributed by atoms with Gasteiger partial charge in [0.15, 0.2) is 0 Å². The molecule has 33 heavy (non-hydrogen) atoms. The largest absolute Gasteiger partial charge is 0.507 e. The van der Waals surface area contributed by atoms with Gasteiger partial charge in [0.25, 0.3) is 11.7 Å². The van der Waals surface area contributed by atoms with Gasteiger partial charge in [-0.25, -0.2) is 0 Å². The van der Waals surface area contributed by atoms with Gasteiger partial charge in [-0.15, -0.1) is 11.3 Å². The molecule has 1 aliphatic heterocycles. The molecule has 1 amide bonds. The first-order valence-corrected chi connectivity index (χ1v) is 11.7. The molecule has 2 aromatic carbocycles. The first-order valence-electron chi connectivity index (χ1n) is 10.8. The van der Waals surface area contributed by atoms with E-state index in [1.807, 2.05) is 69.5 Å². The number of methoxy groups -OCH3 is 1. The summed E-state index contributed by atoms with van der Waals surface area (Å²) in [6.07, 6.45) is 0. The quantitative estimate of drug-likeness (QED) is 0.282. The second kappa shape index (κ2) is 8.87. The Labute approximate surface area is 197 Å². The maximum absolute atomic E-state index is 13.3. The minimum absolute atomic E-state index is 0.104. The zero-order valence-corrected chi connectivity index (χ0v) is 20.2. The monoisotopic (exact) mass is 461 g/mol. The third-order valence-electron chi connectivity index (χ3n) is 6.00. The van der Waals surface area contributed by atoms with E-state index in [1.165, 1.54) is 16.2 Å². The number of anilines is 1. The smallest absolute Gasteiger partial charge is 0.300 e. The third kappa shape index (κ3) is 3.95. The molecular weight excluding hydrogens is 434 g/mol. The topological polar surface area (TPSA) is 66.8 Å². The molecule has 0 saturated carbocycles. The SMILES string of the molecule is COc1ccc(/C(O)=C2/C(=O)C(=O)N(c3cccc(C)c3)C2c2sccc2C)cc1C(C)C. The van der Waals surface area contributed by atoms with Crippen LogP contribution in [0.2, 0.25) is 0 Å². The Kier molecular flexibility index (Phi) is 6.13. The highest BCUT2D eigenvalue weighted by atomic mass is 32.1. The van der Waals surface area contributed by atoms with E-state index in [1.54, 1.807) is 19.2 Å². The summed E-state index contributed by atoms with van der Waals surface area (Å²) in [6.45, 7) is 7.96. The lowest BCUT2D eigenvalue weighted by atomic mass is 9.94.